The maximum atomic E-state index is 12.1. The van der Waals surface area contributed by atoms with Crippen molar-refractivity contribution in [1.29, 1.82) is 0 Å². The number of hydrogen-bond donors (Lipinski definition) is 2. The number of nitrogens with one attached hydrogen (secondary N) is 2. The fourth-order valence-electron chi connectivity index (χ4n) is 2.19. The molecule has 6 nitrogen and oxygen atoms in total. The average molecular weight is 383 g/mol. The zero-order valence-corrected chi connectivity index (χ0v) is 15.6. The molecule has 0 radical (unpaired) electrons. The number of benzene rings is 2. The van der Waals surface area contributed by atoms with Crippen molar-refractivity contribution >= 4 is 27.5 Å². The third-order valence-electron chi connectivity index (χ3n) is 3.45. The molecule has 0 aliphatic heterocycles. The molecule has 2 aromatic carbocycles. The van der Waals surface area contributed by atoms with Crippen molar-refractivity contribution in [2.24, 2.45) is 0 Å². The molecule has 134 valence electrons. The van der Waals surface area contributed by atoms with Crippen molar-refractivity contribution in [1.82, 2.24) is 10.3 Å². The minimum atomic E-state index is -3.84. The quantitative estimate of drug-likeness (QED) is 0.752. The molecule has 0 heterocycles. The highest BCUT2D eigenvalue weighted by Gasteiger charge is 2.20. The van der Waals surface area contributed by atoms with E-state index in [4.69, 9.17) is 16.3 Å². The van der Waals surface area contributed by atoms with Crippen LogP contribution in [0.2, 0.25) is 5.02 Å². The molecular weight excluding hydrogens is 364 g/mol. The topological polar surface area (TPSA) is 84.5 Å². The van der Waals surface area contributed by atoms with Crippen LogP contribution in [0.15, 0.2) is 47.4 Å². The van der Waals surface area contributed by atoms with Gasteiger partial charge in [-0.15, -0.1) is 4.83 Å². The lowest BCUT2D eigenvalue weighted by atomic mass is 10.1. The standard InChI is InChI=1S/C17H19ClN2O4S/c1-11-9-14(18)10-12(2)16(11)24-13(3)17(21)19-20-25(22,23)15-7-5-4-6-8-15/h4-10,13,20H,1-3H3,(H,19,21)/t13-/m0/s1. The molecule has 0 aromatic heterocycles. The van der Waals surface area contributed by atoms with E-state index in [1.165, 1.54) is 19.1 Å². The van der Waals surface area contributed by atoms with Crippen molar-refractivity contribution in [3.8, 4) is 5.75 Å². The summed E-state index contributed by atoms with van der Waals surface area (Å²) >= 11 is 5.97. The molecule has 2 N–H and O–H groups in total. The highest BCUT2D eigenvalue weighted by Crippen LogP contribution is 2.27. The van der Waals surface area contributed by atoms with Gasteiger partial charge < -0.3 is 4.74 Å². The summed E-state index contributed by atoms with van der Waals surface area (Å²) in [4.78, 5) is 14.2. The smallest absolute Gasteiger partial charge is 0.275 e. The summed E-state index contributed by atoms with van der Waals surface area (Å²) in [6.45, 7) is 5.16. The van der Waals surface area contributed by atoms with Gasteiger partial charge in [0.2, 0.25) is 0 Å². The Bertz CT molecular complexity index is 846. The highest BCUT2D eigenvalue weighted by atomic mass is 35.5. The predicted molar refractivity (Wildman–Crippen MR) is 95.9 cm³/mol. The van der Waals surface area contributed by atoms with Crippen molar-refractivity contribution in [3.63, 3.8) is 0 Å². The number of hydrazine groups is 1. The molecule has 0 spiro atoms. The lowest BCUT2D eigenvalue weighted by molar-refractivity contribution is -0.127. The molecule has 0 bridgehead atoms. The van der Waals surface area contributed by atoms with Crippen LogP contribution in [-0.2, 0) is 14.8 Å². The first-order valence-corrected chi connectivity index (χ1v) is 9.37. The van der Waals surface area contributed by atoms with Gasteiger partial charge >= 0.3 is 0 Å². The number of aryl methyl sites for hydroxylation is 2. The van der Waals surface area contributed by atoms with E-state index in [0.29, 0.717) is 10.8 Å². The van der Waals surface area contributed by atoms with Gasteiger partial charge in [-0.25, -0.2) is 8.42 Å². The van der Waals surface area contributed by atoms with Crippen LogP contribution in [0.5, 0.6) is 5.75 Å². The van der Waals surface area contributed by atoms with Gasteiger partial charge in [0.25, 0.3) is 15.9 Å². The van der Waals surface area contributed by atoms with Crippen molar-refractivity contribution in [3.05, 3.63) is 58.6 Å². The summed E-state index contributed by atoms with van der Waals surface area (Å²) < 4.78 is 29.8. The van der Waals surface area contributed by atoms with Gasteiger partial charge in [0, 0.05) is 5.02 Å². The van der Waals surface area contributed by atoms with E-state index in [1.807, 2.05) is 13.8 Å². The van der Waals surface area contributed by atoms with E-state index in [-0.39, 0.29) is 4.90 Å². The van der Waals surface area contributed by atoms with E-state index in [2.05, 4.69) is 10.3 Å². The first-order valence-electron chi connectivity index (χ1n) is 7.51. The number of carbonyl (C=O) groups excluding carboxylic acids is 1. The second kappa shape index (κ2) is 7.86. The largest absolute Gasteiger partial charge is 0.480 e. The SMILES string of the molecule is Cc1cc(Cl)cc(C)c1O[C@@H](C)C(=O)NNS(=O)(=O)c1ccccc1. The number of halogens is 1. The molecule has 2 rings (SSSR count). The van der Waals surface area contributed by atoms with Crippen LogP contribution < -0.4 is 15.0 Å². The number of amides is 1. The first-order chi connectivity index (χ1) is 11.7. The maximum Gasteiger partial charge on any atom is 0.275 e. The van der Waals surface area contributed by atoms with Crippen LogP contribution in [0.1, 0.15) is 18.1 Å². The Morgan fingerprint density at radius 1 is 1.12 bits per heavy atom. The summed E-state index contributed by atoms with van der Waals surface area (Å²) in [5.74, 6) is -0.0776. The maximum absolute atomic E-state index is 12.1. The second-order valence-corrected chi connectivity index (χ2v) is 7.66. The van der Waals surface area contributed by atoms with Gasteiger partial charge in [0.05, 0.1) is 4.90 Å². The number of ether oxygens (including phenoxy) is 1. The number of carbonyl (C=O) groups is 1. The van der Waals surface area contributed by atoms with Gasteiger partial charge in [-0.3, -0.25) is 10.2 Å². The van der Waals surface area contributed by atoms with E-state index < -0.39 is 22.0 Å². The summed E-state index contributed by atoms with van der Waals surface area (Å²) in [7, 11) is -3.84. The number of hydrogen-bond acceptors (Lipinski definition) is 4. The highest BCUT2D eigenvalue weighted by molar-refractivity contribution is 7.89. The molecule has 0 unspecified atom stereocenters. The Labute approximate surface area is 152 Å². The first kappa shape index (κ1) is 19.2. The minimum Gasteiger partial charge on any atom is -0.480 e. The Kier molecular flexibility index (Phi) is 6.05. The average Bonchev–Trinajstić information content (AvgIpc) is 2.56. The summed E-state index contributed by atoms with van der Waals surface area (Å²) in [6.07, 6.45) is -0.906. The molecule has 1 atom stereocenters. The van der Waals surface area contributed by atoms with Crippen LogP contribution in [-0.4, -0.2) is 20.4 Å². The lowest BCUT2D eigenvalue weighted by Gasteiger charge is -2.18. The zero-order valence-electron chi connectivity index (χ0n) is 14.0. The zero-order chi connectivity index (χ0) is 18.6. The fraction of sp³-hybridized carbons (Fsp3) is 0.235. The van der Waals surface area contributed by atoms with Crippen LogP contribution in [0, 0.1) is 13.8 Å². The molecule has 0 saturated heterocycles. The summed E-state index contributed by atoms with van der Waals surface area (Å²) in [5, 5.41) is 0.579. The fourth-order valence-corrected chi connectivity index (χ4v) is 3.39. The van der Waals surface area contributed by atoms with Gasteiger partial charge in [0.15, 0.2) is 6.10 Å². The third-order valence-corrected chi connectivity index (χ3v) is 4.93. The number of sulfonamides is 1. The molecule has 25 heavy (non-hydrogen) atoms. The lowest BCUT2D eigenvalue weighted by Crippen LogP contribution is -2.47. The number of rotatable bonds is 6. The van der Waals surface area contributed by atoms with Gasteiger partial charge in [-0.05, 0) is 56.2 Å². The summed E-state index contributed by atoms with van der Waals surface area (Å²) in [5.41, 5.74) is 3.74. The van der Waals surface area contributed by atoms with Gasteiger partial charge in [-0.1, -0.05) is 29.8 Å². The molecule has 0 aliphatic rings. The Morgan fingerprint density at radius 3 is 2.24 bits per heavy atom. The molecule has 8 heteroatoms. The van der Waals surface area contributed by atoms with Crippen LogP contribution in [0.25, 0.3) is 0 Å². The normalized spacial score (nSPS) is 12.5. The van der Waals surface area contributed by atoms with Gasteiger partial charge in [0.1, 0.15) is 5.75 Å². The van der Waals surface area contributed by atoms with E-state index in [9.17, 15) is 13.2 Å². The molecule has 0 fully saturated rings. The Hall–Kier alpha value is -2.09. The van der Waals surface area contributed by atoms with Crippen LogP contribution >= 0.6 is 11.6 Å². The second-order valence-electron chi connectivity index (χ2n) is 5.54. The molecule has 2 aromatic rings. The van der Waals surface area contributed by atoms with Crippen LogP contribution in [0.3, 0.4) is 0 Å². The molecular formula is C17H19ClN2O4S. The van der Waals surface area contributed by atoms with Crippen molar-refractivity contribution in [2.45, 2.75) is 31.8 Å². The predicted octanol–water partition coefficient (Wildman–Crippen LogP) is 2.73. The summed E-state index contributed by atoms with van der Waals surface area (Å²) in [6, 6.07) is 11.2. The van der Waals surface area contributed by atoms with Gasteiger partial charge in [-0.2, -0.15) is 0 Å². The third kappa shape index (κ3) is 4.94. The van der Waals surface area contributed by atoms with Crippen molar-refractivity contribution in [2.75, 3.05) is 0 Å². The minimum absolute atomic E-state index is 0.0493. The molecule has 0 saturated carbocycles. The molecule has 1 amide bonds. The Morgan fingerprint density at radius 2 is 1.68 bits per heavy atom. The van der Waals surface area contributed by atoms with E-state index in [0.717, 1.165) is 11.1 Å². The molecule has 0 aliphatic carbocycles. The van der Waals surface area contributed by atoms with E-state index in [1.54, 1.807) is 30.3 Å². The monoisotopic (exact) mass is 382 g/mol. The van der Waals surface area contributed by atoms with E-state index >= 15 is 0 Å². The van der Waals surface area contributed by atoms with Crippen LogP contribution in [0.4, 0.5) is 0 Å². The van der Waals surface area contributed by atoms with Crippen molar-refractivity contribution < 1.29 is 17.9 Å². The Balaban J connectivity index is 2.02.